The van der Waals surface area contributed by atoms with E-state index in [9.17, 15) is 0 Å². The molecule has 1 heterocycles. The highest BCUT2D eigenvalue weighted by atomic mass is 16.5. The van der Waals surface area contributed by atoms with E-state index >= 15 is 0 Å². The van der Waals surface area contributed by atoms with Crippen LogP contribution in [0.15, 0.2) is 24.3 Å². The Morgan fingerprint density at radius 3 is 2.05 bits per heavy atom. The summed E-state index contributed by atoms with van der Waals surface area (Å²) in [4.78, 5) is 5.03. The van der Waals surface area contributed by atoms with Gasteiger partial charge >= 0.3 is 0 Å². The monoisotopic (exact) mass is 262 g/mol. The fourth-order valence-electron chi connectivity index (χ4n) is 2.63. The van der Waals surface area contributed by atoms with Gasteiger partial charge in [-0.3, -0.25) is 4.90 Å². The maximum absolute atomic E-state index is 5.20. The summed E-state index contributed by atoms with van der Waals surface area (Å²) < 4.78 is 5.20. The zero-order chi connectivity index (χ0) is 13.9. The second-order valence-corrected chi connectivity index (χ2v) is 6.52. The van der Waals surface area contributed by atoms with Gasteiger partial charge in [-0.15, -0.1) is 0 Å². The maximum Gasteiger partial charge on any atom is 0.119 e. The van der Waals surface area contributed by atoms with E-state index in [0.29, 0.717) is 5.41 Å². The Hall–Kier alpha value is -1.22. The highest BCUT2D eigenvalue weighted by molar-refractivity contribution is 5.49. The molecular weight excluding hydrogens is 236 g/mol. The van der Waals surface area contributed by atoms with Crippen molar-refractivity contribution in [2.24, 2.45) is 5.41 Å². The molecule has 2 rings (SSSR count). The number of hydrogen-bond acceptors (Lipinski definition) is 3. The van der Waals surface area contributed by atoms with E-state index < -0.39 is 0 Å². The summed E-state index contributed by atoms with van der Waals surface area (Å²) in [6, 6.07) is 8.38. The van der Waals surface area contributed by atoms with E-state index in [1.165, 1.54) is 12.2 Å². The van der Waals surface area contributed by atoms with Crippen LogP contribution in [0.3, 0.4) is 0 Å². The molecule has 0 unspecified atom stereocenters. The molecule has 19 heavy (non-hydrogen) atoms. The Kier molecular flexibility index (Phi) is 4.35. The van der Waals surface area contributed by atoms with Gasteiger partial charge in [-0.2, -0.15) is 0 Å². The Morgan fingerprint density at radius 1 is 1.00 bits per heavy atom. The summed E-state index contributed by atoms with van der Waals surface area (Å²) in [5, 5.41) is 0. The van der Waals surface area contributed by atoms with Crippen molar-refractivity contribution in [2.45, 2.75) is 20.8 Å². The van der Waals surface area contributed by atoms with Gasteiger partial charge < -0.3 is 9.64 Å². The molecular formula is C16H26N2O. The molecule has 3 heteroatoms. The number of nitrogens with zero attached hydrogens (tertiary/aromatic N) is 2. The molecule has 0 aliphatic carbocycles. The third kappa shape index (κ3) is 4.13. The first-order valence-corrected chi connectivity index (χ1v) is 7.09. The number of piperazine rings is 1. The van der Waals surface area contributed by atoms with Crippen molar-refractivity contribution >= 4 is 5.69 Å². The summed E-state index contributed by atoms with van der Waals surface area (Å²) in [5.74, 6) is 0.926. The second-order valence-electron chi connectivity index (χ2n) is 6.52. The predicted octanol–water partition coefficient (Wildman–Crippen LogP) is 2.86. The van der Waals surface area contributed by atoms with Gasteiger partial charge in [0.05, 0.1) is 7.11 Å². The van der Waals surface area contributed by atoms with Crippen LogP contribution in [0.4, 0.5) is 5.69 Å². The lowest BCUT2D eigenvalue weighted by Crippen LogP contribution is -2.48. The lowest BCUT2D eigenvalue weighted by molar-refractivity contribution is 0.182. The molecule has 3 nitrogen and oxygen atoms in total. The maximum atomic E-state index is 5.20. The zero-order valence-electron chi connectivity index (χ0n) is 12.6. The second kappa shape index (κ2) is 5.83. The SMILES string of the molecule is COc1ccc(N2CCN(CC(C)(C)C)CC2)cc1. The molecule has 0 radical (unpaired) electrons. The number of benzene rings is 1. The van der Waals surface area contributed by atoms with Crippen molar-refractivity contribution in [1.29, 1.82) is 0 Å². The number of ether oxygens (including phenoxy) is 1. The van der Waals surface area contributed by atoms with Crippen molar-refractivity contribution in [1.82, 2.24) is 4.90 Å². The minimum Gasteiger partial charge on any atom is -0.497 e. The van der Waals surface area contributed by atoms with E-state index in [-0.39, 0.29) is 0 Å². The molecule has 1 aliphatic rings. The van der Waals surface area contributed by atoms with Crippen LogP contribution in [0, 0.1) is 5.41 Å². The molecule has 1 saturated heterocycles. The Labute approximate surface area is 117 Å². The van der Waals surface area contributed by atoms with E-state index in [2.05, 4.69) is 42.7 Å². The van der Waals surface area contributed by atoms with Crippen molar-refractivity contribution in [3.05, 3.63) is 24.3 Å². The number of rotatable bonds is 3. The molecule has 0 saturated carbocycles. The summed E-state index contributed by atoms with van der Waals surface area (Å²) >= 11 is 0. The molecule has 1 aromatic carbocycles. The highest BCUT2D eigenvalue weighted by Crippen LogP contribution is 2.22. The standard InChI is InChI=1S/C16H26N2O/c1-16(2,3)13-17-9-11-18(12-10-17)14-5-7-15(19-4)8-6-14/h5-8H,9-13H2,1-4H3. The predicted molar refractivity (Wildman–Crippen MR) is 81.1 cm³/mol. The number of hydrogen-bond donors (Lipinski definition) is 0. The van der Waals surface area contributed by atoms with Crippen LogP contribution < -0.4 is 9.64 Å². The molecule has 1 aromatic rings. The first-order valence-electron chi connectivity index (χ1n) is 7.09. The van der Waals surface area contributed by atoms with Crippen molar-refractivity contribution < 1.29 is 4.74 Å². The molecule has 0 bridgehead atoms. The average Bonchev–Trinajstić information content (AvgIpc) is 2.38. The minimum absolute atomic E-state index is 0.391. The van der Waals surface area contributed by atoms with Gasteiger partial charge in [0, 0.05) is 38.4 Å². The van der Waals surface area contributed by atoms with Crippen LogP contribution in [0.2, 0.25) is 0 Å². The van der Waals surface area contributed by atoms with Gasteiger partial charge in [0.25, 0.3) is 0 Å². The van der Waals surface area contributed by atoms with Crippen LogP contribution in [-0.4, -0.2) is 44.7 Å². The van der Waals surface area contributed by atoms with Crippen LogP contribution in [0.5, 0.6) is 5.75 Å². The van der Waals surface area contributed by atoms with E-state index in [1.54, 1.807) is 7.11 Å². The van der Waals surface area contributed by atoms with Gasteiger partial charge in [0.2, 0.25) is 0 Å². The average molecular weight is 262 g/mol. The van der Waals surface area contributed by atoms with E-state index in [1.807, 2.05) is 12.1 Å². The van der Waals surface area contributed by atoms with Gasteiger partial charge in [0.15, 0.2) is 0 Å². The zero-order valence-corrected chi connectivity index (χ0v) is 12.6. The first kappa shape index (κ1) is 14.2. The summed E-state index contributed by atoms with van der Waals surface area (Å²) in [6.45, 7) is 12.6. The van der Waals surface area contributed by atoms with Crippen molar-refractivity contribution in [3.63, 3.8) is 0 Å². The highest BCUT2D eigenvalue weighted by Gasteiger charge is 2.21. The number of anilines is 1. The molecule has 1 fully saturated rings. The normalized spacial score (nSPS) is 17.6. The Bertz CT molecular complexity index is 386. The fourth-order valence-corrected chi connectivity index (χ4v) is 2.63. The Balaban J connectivity index is 1.88. The minimum atomic E-state index is 0.391. The van der Waals surface area contributed by atoms with Crippen LogP contribution in [-0.2, 0) is 0 Å². The smallest absolute Gasteiger partial charge is 0.119 e. The van der Waals surface area contributed by atoms with Gasteiger partial charge in [-0.25, -0.2) is 0 Å². The van der Waals surface area contributed by atoms with Crippen LogP contribution in [0.1, 0.15) is 20.8 Å². The molecule has 0 atom stereocenters. The Morgan fingerprint density at radius 2 is 1.58 bits per heavy atom. The van der Waals surface area contributed by atoms with E-state index in [0.717, 1.165) is 31.9 Å². The van der Waals surface area contributed by atoms with Crippen LogP contribution >= 0.6 is 0 Å². The van der Waals surface area contributed by atoms with Gasteiger partial charge in [-0.1, -0.05) is 20.8 Å². The lowest BCUT2D eigenvalue weighted by Gasteiger charge is -2.38. The quantitative estimate of drug-likeness (QED) is 0.833. The largest absolute Gasteiger partial charge is 0.497 e. The summed E-state index contributed by atoms with van der Waals surface area (Å²) in [5.41, 5.74) is 1.69. The molecule has 0 N–H and O–H groups in total. The summed E-state index contributed by atoms with van der Waals surface area (Å²) in [7, 11) is 1.71. The third-order valence-electron chi connectivity index (χ3n) is 3.51. The molecule has 0 spiro atoms. The van der Waals surface area contributed by atoms with E-state index in [4.69, 9.17) is 4.74 Å². The molecule has 0 aromatic heterocycles. The van der Waals surface area contributed by atoms with Gasteiger partial charge in [-0.05, 0) is 29.7 Å². The molecule has 106 valence electrons. The lowest BCUT2D eigenvalue weighted by atomic mass is 9.96. The number of methoxy groups -OCH3 is 1. The van der Waals surface area contributed by atoms with Gasteiger partial charge in [0.1, 0.15) is 5.75 Å². The fraction of sp³-hybridized carbons (Fsp3) is 0.625. The van der Waals surface area contributed by atoms with Crippen molar-refractivity contribution in [3.8, 4) is 5.75 Å². The molecule has 0 amide bonds. The van der Waals surface area contributed by atoms with Crippen molar-refractivity contribution in [2.75, 3.05) is 44.7 Å². The first-order chi connectivity index (χ1) is 8.98. The van der Waals surface area contributed by atoms with Crippen LogP contribution in [0.25, 0.3) is 0 Å². The summed E-state index contributed by atoms with van der Waals surface area (Å²) in [6.07, 6.45) is 0. The third-order valence-corrected chi connectivity index (χ3v) is 3.51. The topological polar surface area (TPSA) is 15.7 Å². The molecule has 1 aliphatic heterocycles.